The third kappa shape index (κ3) is 3.21. The van der Waals surface area contributed by atoms with Crippen molar-refractivity contribution in [1.29, 1.82) is 0 Å². The first-order valence-electron chi connectivity index (χ1n) is 5.42. The molecule has 2 rings (SSSR count). The van der Waals surface area contributed by atoms with Crippen LogP contribution in [-0.4, -0.2) is 27.3 Å². The Labute approximate surface area is 119 Å². The minimum Gasteiger partial charge on any atom is -0.265 e. The molecule has 0 aliphatic heterocycles. The third-order valence-corrected chi connectivity index (χ3v) is 3.18. The normalized spacial score (nSPS) is 11.1. The molecule has 0 aliphatic rings. The smallest absolute Gasteiger partial charge is 0.265 e. The summed E-state index contributed by atoms with van der Waals surface area (Å²) in [6, 6.07) is 7.20. The van der Waals surface area contributed by atoms with E-state index in [-0.39, 0.29) is 5.56 Å². The molecule has 0 bridgehead atoms. The van der Waals surface area contributed by atoms with Gasteiger partial charge in [0.05, 0.1) is 6.21 Å². The van der Waals surface area contributed by atoms with E-state index in [0.29, 0.717) is 15.9 Å². The lowest BCUT2D eigenvalue weighted by Crippen LogP contribution is -2.23. The van der Waals surface area contributed by atoms with E-state index in [4.69, 9.17) is 11.6 Å². The molecule has 1 aromatic carbocycles. The van der Waals surface area contributed by atoms with Gasteiger partial charge in [-0.05, 0) is 30.9 Å². The molecule has 2 aromatic rings. The van der Waals surface area contributed by atoms with E-state index in [1.807, 2.05) is 18.4 Å². The number of benzene rings is 1. The van der Waals surface area contributed by atoms with Crippen molar-refractivity contribution in [2.24, 2.45) is 5.10 Å². The summed E-state index contributed by atoms with van der Waals surface area (Å²) in [5, 5.41) is 12.9. The Hall–Kier alpha value is -1.66. The molecule has 0 atom stereocenters. The fourth-order valence-corrected chi connectivity index (χ4v) is 2.01. The van der Waals surface area contributed by atoms with Crippen molar-refractivity contribution in [3.05, 3.63) is 50.9 Å². The van der Waals surface area contributed by atoms with Crippen LogP contribution in [0.25, 0.3) is 0 Å². The van der Waals surface area contributed by atoms with Gasteiger partial charge in [-0.25, -0.2) is 0 Å². The molecule has 0 saturated carbocycles. The van der Waals surface area contributed by atoms with Crippen LogP contribution in [0.3, 0.4) is 0 Å². The summed E-state index contributed by atoms with van der Waals surface area (Å²) >= 11 is 7.19. The second kappa shape index (κ2) is 5.99. The van der Waals surface area contributed by atoms with Gasteiger partial charge in [0.25, 0.3) is 5.56 Å². The fourth-order valence-electron chi connectivity index (χ4n) is 1.38. The maximum atomic E-state index is 11.9. The average Bonchev–Trinajstić information content (AvgIpc) is 2.40. The van der Waals surface area contributed by atoms with Gasteiger partial charge in [-0.1, -0.05) is 35.5 Å². The van der Waals surface area contributed by atoms with Gasteiger partial charge in [0, 0.05) is 5.02 Å². The van der Waals surface area contributed by atoms with E-state index in [1.165, 1.54) is 16.4 Å². The van der Waals surface area contributed by atoms with Gasteiger partial charge in [0.1, 0.15) is 5.69 Å². The first-order chi connectivity index (χ1) is 9.11. The number of aromatic nitrogens is 3. The molecule has 0 aliphatic carbocycles. The van der Waals surface area contributed by atoms with Crippen molar-refractivity contribution in [1.82, 2.24) is 14.9 Å². The summed E-state index contributed by atoms with van der Waals surface area (Å²) < 4.78 is 1.23. The molecule has 0 radical (unpaired) electrons. The summed E-state index contributed by atoms with van der Waals surface area (Å²) in [6.07, 6.45) is 3.37. The first-order valence-corrected chi connectivity index (χ1v) is 7.02. The summed E-state index contributed by atoms with van der Waals surface area (Å²) in [4.78, 5) is 11.9. The number of rotatable bonds is 3. The van der Waals surface area contributed by atoms with Crippen molar-refractivity contribution >= 4 is 29.6 Å². The van der Waals surface area contributed by atoms with Crippen molar-refractivity contribution in [3.63, 3.8) is 0 Å². The second-order valence-corrected chi connectivity index (χ2v) is 4.90. The second-order valence-electron chi connectivity index (χ2n) is 3.69. The molecule has 0 unspecified atom stereocenters. The van der Waals surface area contributed by atoms with Gasteiger partial charge in [0.2, 0.25) is 5.16 Å². The van der Waals surface area contributed by atoms with Crippen LogP contribution in [0.2, 0.25) is 5.02 Å². The quantitative estimate of drug-likeness (QED) is 0.643. The number of aryl methyl sites for hydroxylation is 1. The van der Waals surface area contributed by atoms with Crippen molar-refractivity contribution in [3.8, 4) is 0 Å². The van der Waals surface area contributed by atoms with Crippen LogP contribution >= 0.6 is 23.4 Å². The van der Waals surface area contributed by atoms with Crippen LogP contribution in [0.4, 0.5) is 0 Å². The largest absolute Gasteiger partial charge is 0.296 e. The number of nitrogens with zero attached hydrogens (tertiary/aromatic N) is 4. The summed E-state index contributed by atoms with van der Waals surface area (Å²) in [6.45, 7) is 1.60. The highest BCUT2D eigenvalue weighted by atomic mass is 35.5. The minimum atomic E-state index is -0.280. The standard InChI is InChI=1S/C12H11ClN4OS/c1-8-11(18)17(12(19-2)16-15-8)14-7-9-4-3-5-10(13)6-9/h3-7H,1-2H3/b14-7-. The average molecular weight is 295 g/mol. The molecule has 19 heavy (non-hydrogen) atoms. The summed E-state index contributed by atoms with van der Waals surface area (Å²) in [7, 11) is 0. The van der Waals surface area contributed by atoms with Gasteiger partial charge >= 0.3 is 0 Å². The van der Waals surface area contributed by atoms with Crippen LogP contribution in [0.15, 0.2) is 39.3 Å². The minimum absolute atomic E-state index is 0.280. The van der Waals surface area contributed by atoms with Crippen LogP contribution in [0.1, 0.15) is 11.3 Å². The number of halogens is 1. The Morgan fingerprint density at radius 1 is 1.42 bits per heavy atom. The first kappa shape index (κ1) is 13.8. The zero-order valence-corrected chi connectivity index (χ0v) is 11.9. The molecular formula is C12H11ClN4OS. The Kier molecular flexibility index (Phi) is 4.34. The lowest BCUT2D eigenvalue weighted by atomic mass is 10.2. The highest BCUT2D eigenvalue weighted by Crippen LogP contribution is 2.10. The Morgan fingerprint density at radius 2 is 2.21 bits per heavy atom. The van der Waals surface area contributed by atoms with Gasteiger partial charge in [0.15, 0.2) is 0 Å². The van der Waals surface area contributed by atoms with E-state index in [9.17, 15) is 4.79 Å². The van der Waals surface area contributed by atoms with Crippen LogP contribution in [0.5, 0.6) is 0 Å². The molecule has 0 N–H and O–H groups in total. The summed E-state index contributed by atoms with van der Waals surface area (Å²) in [5.41, 5.74) is 0.833. The van der Waals surface area contributed by atoms with Crippen LogP contribution in [-0.2, 0) is 0 Å². The van der Waals surface area contributed by atoms with Gasteiger partial charge in [-0.3, -0.25) is 4.79 Å². The van der Waals surface area contributed by atoms with Crippen LogP contribution < -0.4 is 5.56 Å². The van der Waals surface area contributed by atoms with Crippen molar-refractivity contribution in [2.45, 2.75) is 12.1 Å². The molecule has 0 fully saturated rings. The van der Waals surface area contributed by atoms with Gasteiger partial charge < -0.3 is 0 Å². The number of hydrogen-bond donors (Lipinski definition) is 0. The van der Waals surface area contributed by atoms with Crippen LogP contribution in [0, 0.1) is 6.92 Å². The van der Waals surface area contributed by atoms with E-state index in [0.717, 1.165) is 5.56 Å². The molecule has 0 amide bonds. The number of hydrogen-bond acceptors (Lipinski definition) is 5. The zero-order chi connectivity index (χ0) is 13.8. The SMILES string of the molecule is CSc1nnc(C)c(=O)n1/N=C\c1cccc(Cl)c1. The van der Waals surface area contributed by atoms with E-state index in [1.54, 1.807) is 25.3 Å². The van der Waals surface area contributed by atoms with Gasteiger partial charge in [-0.2, -0.15) is 9.78 Å². The van der Waals surface area contributed by atoms with Gasteiger partial charge in [-0.15, -0.1) is 10.2 Å². The summed E-state index contributed by atoms with van der Waals surface area (Å²) in [5.74, 6) is 0. The fraction of sp³-hybridized carbons (Fsp3) is 0.167. The molecule has 0 saturated heterocycles. The molecule has 7 heteroatoms. The Morgan fingerprint density at radius 3 is 2.89 bits per heavy atom. The molecule has 1 heterocycles. The molecule has 5 nitrogen and oxygen atoms in total. The maximum absolute atomic E-state index is 11.9. The Bertz CT molecular complexity index is 684. The lowest BCUT2D eigenvalue weighted by Gasteiger charge is -2.03. The number of thioether (sulfide) groups is 1. The molecule has 98 valence electrons. The predicted octanol–water partition coefficient (Wildman–Crippen LogP) is 2.20. The van der Waals surface area contributed by atoms with Crippen molar-refractivity contribution in [2.75, 3.05) is 6.26 Å². The van der Waals surface area contributed by atoms with E-state index < -0.39 is 0 Å². The monoisotopic (exact) mass is 294 g/mol. The Balaban J connectivity index is 2.43. The highest BCUT2D eigenvalue weighted by Gasteiger charge is 2.06. The van der Waals surface area contributed by atoms with E-state index in [2.05, 4.69) is 15.3 Å². The highest BCUT2D eigenvalue weighted by molar-refractivity contribution is 7.98. The molecule has 0 spiro atoms. The van der Waals surface area contributed by atoms with Crippen molar-refractivity contribution < 1.29 is 0 Å². The molecule has 1 aromatic heterocycles. The lowest BCUT2D eigenvalue weighted by molar-refractivity contribution is 0.635. The zero-order valence-electron chi connectivity index (χ0n) is 10.4. The maximum Gasteiger partial charge on any atom is 0.296 e. The molecular weight excluding hydrogens is 284 g/mol. The topological polar surface area (TPSA) is 60.1 Å². The third-order valence-electron chi connectivity index (χ3n) is 2.32. The van der Waals surface area contributed by atoms with E-state index >= 15 is 0 Å². The predicted molar refractivity (Wildman–Crippen MR) is 77.3 cm³/mol.